The number of ether oxygens (including phenoxy) is 3. The van der Waals surface area contributed by atoms with Gasteiger partial charge in [-0.1, -0.05) is 12.1 Å². The molecule has 3 amide bonds. The first kappa shape index (κ1) is 21.0. The van der Waals surface area contributed by atoms with Crippen molar-refractivity contribution in [2.24, 2.45) is 0 Å². The zero-order valence-electron chi connectivity index (χ0n) is 17.4. The number of amides is 3. The molecule has 0 aromatic heterocycles. The summed E-state index contributed by atoms with van der Waals surface area (Å²) in [5.41, 5.74) is 1.94. The maximum atomic E-state index is 13.3. The quantitative estimate of drug-likeness (QED) is 0.649. The summed E-state index contributed by atoms with van der Waals surface area (Å²) >= 11 is 0. The summed E-state index contributed by atoms with van der Waals surface area (Å²) in [4.78, 5) is 25.5. The first-order chi connectivity index (χ1) is 14.5. The van der Waals surface area contributed by atoms with Crippen molar-refractivity contribution >= 4 is 17.6 Å². The summed E-state index contributed by atoms with van der Waals surface area (Å²) < 4.78 is 16.4. The van der Waals surface area contributed by atoms with Gasteiger partial charge < -0.3 is 30.2 Å². The first-order valence-electron chi connectivity index (χ1n) is 9.51. The summed E-state index contributed by atoms with van der Waals surface area (Å²) in [5.74, 6) is 1.30. The van der Waals surface area contributed by atoms with Gasteiger partial charge in [-0.3, -0.25) is 4.79 Å². The van der Waals surface area contributed by atoms with Crippen molar-refractivity contribution in [3.05, 3.63) is 59.3 Å². The van der Waals surface area contributed by atoms with E-state index in [2.05, 4.69) is 16.0 Å². The molecule has 0 unspecified atom stereocenters. The third-order valence-corrected chi connectivity index (χ3v) is 4.70. The monoisotopic (exact) mass is 411 g/mol. The molecule has 2 aromatic rings. The van der Waals surface area contributed by atoms with Crippen LogP contribution in [-0.4, -0.2) is 32.8 Å². The molecule has 3 rings (SSSR count). The number of hydrogen-bond acceptors (Lipinski definition) is 5. The maximum absolute atomic E-state index is 13.3. The van der Waals surface area contributed by atoms with Gasteiger partial charge in [-0.25, -0.2) is 4.79 Å². The number of carbonyl (C=O) groups is 2. The molecule has 1 aliphatic rings. The summed E-state index contributed by atoms with van der Waals surface area (Å²) in [7, 11) is 3.08. The fourth-order valence-corrected chi connectivity index (χ4v) is 3.33. The van der Waals surface area contributed by atoms with Gasteiger partial charge in [0.2, 0.25) is 0 Å². The van der Waals surface area contributed by atoms with E-state index in [0.29, 0.717) is 46.4 Å². The first-order valence-corrected chi connectivity index (χ1v) is 9.51. The molecular weight excluding hydrogens is 386 g/mol. The van der Waals surface area contributed by atoms with Crippen molar-refractivity contribution < 1.29 is 23.8 Å². The Morgan fingerprint density at radius 3 is 2.57 bits per heavy atom. The Labute approximate surface area is 175 Å². The lowest BCUT2D eigenvalue weighted by molar-refractivity contribution is -0.113. The highest BCUT2D eigenvalue weighted by Crippen LogP contribution is 2.36. The molecule has 3 N–H and O–H groups in total. The molecule has 1 aliphatic heterocycles. The second-order valence-corrected chi connectivity index (χ2v) is 6.56. The van der Waals surface area contributed by atoms with Crippen molar-refractivity contribution in [1.82, 2.24) is 10.6 Å². The van der Waals surface area contributed by atoms with Gasteiger partial charge in [-0.05, 0) is 44.2 Å². The van der Waals surface area contributed by atoms with Crippen LogP contribution in [0.1, 0.15) is 25.5 Å². The molecule has 0 spiro atoms. The third kappa shape index (κ3) is 4.32. The number of nitrogens with one attached hydrogen (secondary N) is 3. The van der Waals surface area contributed by atoms with Crippen molar-refractivity contribution in [1.29, 1.82) is 0 Å². The van der Waals surface area contributed by atoms with E-state index in [1.807, 2.05) is 19.1 Å². The molecule has 0 bridgehead atoms. The molecule has 1 atom stereocenters. The molecular formula is C22H25N3O5. The minimum absolute atomic E-state index is 0.354. The van der Waals surface area contributed by atoms with E-state index in [0.717, 1.165) is 0 Å². The van der Waals surface area contributed by atoms with Gasteiger partial charge in [-0.15, -0.1) is 0 Å². The minimum Gasteiger partial charge on any atom is -0.497 e. The molecule has 2 aromatic carbocycles. The number of methoxy groups -OCH3 is 2. The summed E-state index contributed by atoms with van der Waals surface area (Å²) in [5, 5.41) is 8.37. The third-order valence-electron chi connectivity index (χ3n) is 4.70. The van der Waals surface area contributed by atoms with E-state index in [-0.39, 0.29) is 5.91 Å². The maximum Gasteiger partial charge on any atom is 0.319 e. The van der Waals surface area contributed by atoms with E-state index in [1.165, 1.54) is 7.11 Å². The molecule has 0 saturated heterocycles. The predicted octanol–water partition coefficient (Wildman–Crippen LogP) is 3.37. The number of para-hydroxylation sites is 2. The number of carbonyl (C=O) groups excluding carboxylic acids is 2. The van der Waals surface area contributed by atoms with Gasteiger partial charge in [-0.2, -0.15) is 0 Å². The fourth-order valence-electron chi connectivity index (χ4n) is 3.33. The average Bonchev–Trinajstić information content (AvgIpc) is 2.74. The Balaban J connectivity index is 2.02. The SMILES string of the molecule is CCOc1ccccc1NC(=O)C1=C(C)NC(=O)N[C@@H]1c1cc(OC)ccc1OC. The standard InChI is InChI=1S/C22H25N3O5/c1-5-30-18-9-7-6-8-16(18)24-21(26)19-13(2)23-22(27)25-20(19)15-12-14(28-3)10-11-17(15)29-4/h6-12,20H,5H2,1-4H3,(H,24,26)(H2,23,25,27)/t20-/m1/s1. The van der Waals surface area contributed by atoms with Crippen LogP contribution < -0.4 is 30.2 Å². The molecule has 0 saturated carbocycles. The Kier molecular flexibility index (Phi) is 6.46. The second-order valence-electron chi connectivity index (χ2n) is 6.56. The summed E-state index contributed by atoms with van der Waals surface area (Å²) in [6, 6.07) is 11.3. The topological polar surface area (TPSA) is 97.9 Å². The highest BCUT2D eigenvalue weighted by Gasteiger charge is 2.33. The molecule has 0 aliphatic carbocycles. The lowest BCUT2D eigenvalue weighted by Gasteiger charge is -2.30. The number of anilines is 1. The average molecular weight is 411 g/mol. The number of rotatable bonds is 7. The zero-order valence-corrected chi connectivity index (χ0v) is 17.4. The molecule has 8 nitrogen and oxygen atoms in total. The van der Waals surface area contributed by atoms with Crippen LogP contribution in [0.25, 0.3) is 0 Å². The number of hydrogen-bond donors (Lipinski definition) is 3. The van der Waals surface area contributed by atoms with E-state index in [1.54, 1.807) is 44.4 Å². The van der Waals surface area contributed by atoms with E-state index in [4.69, 9.17) is 14.2 Å². The van der Waals surface area contributed by atoms with Gasteiger partial charge in [0.1, 0.15) is 17.2 Å². The van der Waals surface area contributed by atoms with E-state index < -0.39 is 12.1 Å². The van der Waals surface area contributed by atoms with E-state index in [9.17, 15) is 9.59 Å². The van der Waals surface area contributed by atoms with Crippen LogP contribution in [0.5, 0.6) is 17.2 Å². The molecule has 0 radical (unpaired) electrons. The number of benzene rings is 2. The van der Waals surface area contributed by atoms with Crippen LogP contribution >= 0.6 is 0 Å². The normalized spacial score (nSPS) is 15.7. The molecule has 0 fully saturated rings. The van der Waals surface area contributed by atoms with Gasteiger partial charge in [0.25, 0.3) is 5.91 Å². The van der Waals surface area contributed by atoms with Crippen LogP contribution in [0.4, 0.5) is 10.5 Å². The van der Waals surface area contributed by atoms with E-state index >= 15 is 0 Å². The van der Waals surface area contributed by atoms with Crippen LogP contribution in [0, 0.1) is 0 Å². The molecule has 1 heterocycles. The van der Waals surface area contributed by atoms with Crippen LogP contribution in [0.15, 0.2) is 53.7 Å². The Morgan fingerprint density at radius 2 is 1.87 bits per heavy atom. The molecule has 30 heavy (non-hydrogen) atoms. The van der Waals surface area contributed by atoms with Crippen LogP contribution in [0.2, 0.25) is 0 Å². The highest BCUT2D eigenvalue weighted by atomic mass is 16.5. The Morgan fingerprint density at radius 1 is 1.10 bits per heavy atom. The van der Waals surface area contributed by atoms with Gasteiger partial charge in [0.15, 0.2) is 0 Å². The number of allylic oxidation sites excluding steroid dienone is 1. The summed E-state index contributed by atoms with van der Waals surface area (Å²) in [6.07, 6.45) is 0. The van der Waals surface area contributed by atoms with Crippen molar-refractivity contribution in [2.75, 3.05) is 26.1 Å². The van der Waals surface area contributed by atoms with Gasteiger partial charge in [0.05, 0.1) is 38.1 Å². The Hall–Kier alpha value is -3.68. The highest BCUT2D eigenvalue weighted by molar-refractivity contribution is 6.07. The smallest absolute Gasteiger partial charge is 0.319 e. The largest absolute Gasteiger partial charge is 0.497 e. The zero-order chi connectivity index (χ0) is 21.7. The van der Waals surface area contributed by atoms with Crippen molar-refractivity contribution in [2.45, 2.75) is 19.9 Å². The molecule has 158 valence electrons. The Bertz CT molecular complexity index is 986. The number of urea groups is 1. The fraction of sp³-hybridized carbons (Fsp3) is 0.273. The van der Waals surface area contributed by atoms with Crippen LogP contribution in [0.3, 0.4) is 0 Å². The predicted molar refractivity (Wildman–Crippen MR) is 113 cm³/mol. The van der Waals surface area contributed by atoms with Crippen molar-refractivity contribution in [3.63, 3.8) is 0 Å². The minimum atomic E-state index is -0.733. The summed E-state index contributed by atoms with van der Waals surface area (Å²) in [6.45, 7) is 4.02. The lowest BCUT2D eigenvalue weighted by Crippen LogP contribution is -2.46. The van der Waals surface area contributed by atoms with Crippen molar-refractivity contribution in [3.8, 4) is 17.2 Å². The second kappa shape index (κ2) is 9.21. The lowest BCUT2D eigenvalue weighted by atomic mass is 9.93. The van der Waals surface area contributed by atoms with Crippen LogP contribution in [-0.2, 0) is 4.79 Å². The van der Waals surface area contributed by atoms with Gasteiger partial charge >= 0.3 is 6.03 Å². The molecule has 8 heteroatoms. The van der Waals surface area contributed by atoms with Gasteiger partial charge in [0, 0.05) is 11.3 Å².